The van der Waals surface area contributed by atoms with Gasteiger partial charge in [-0.05, 0) is 36.2 Å². The number of morpholine rings is 1. The summed E-state index contributed by atoms with van der Waals surface area (Å²) in [5.41, 5.74) is 1.38. The van der Waals surface area contributed by atoms with Crippen molar-refractivity contribution in [2.75, 3.05) is 47.1 Å². The van der Waals surface area contributed by atoms with Gasteiger partial charge in [0.05, 0.1) is 33.5 Å². The number of carbonyl (C=O) groups is 1. The molecule has 0 spiro atoms. The fourth-order valence-electron chi connectivity index (χ4n) is 3.54. The van der Waals surface area contributed by atoms with Crippen molar-refractivity contribution < 1.29 is 19.0 Å². The first-order valence-electron chi connectivity index (χ1n) is 9.55. The van der Waals surface area contributed by atoms with E-state index in [9.17, 15) is 9.59 Å². The van der Waals surface area contributed by atoms with Crippen LogP contribution in [0, 0.1) is 6.92 Å². The van der Waals surface area contributed by atoms with Gasteiger partial charge >= 0.3 is 0 Å². The number of benzene rings is 1. The van der Waals surface area contributed by atoms with Gasteiger partial charge in [0.25, 0.3) is 11.5 Å². The second kappa shape index (κ2) is 9.58. The van der Waals surface area contributed by atoms with Crippen molar-refractivity contribution in [3.63, 3.8) is 0 Å². The molecule has 1 saturated heterocycles. The number of amides is 1. The van der Waals surface area contributed by atoms with E-state index in [0.29, 0.717) is 36.8 Å². The molecule has 1 atom stereocenters. The predicted molar refractivity (Wildman–Crippen MR) is 109 cm³/mol. The smallest absolute Gasteiger partial charge is 0.261 e. The Balaban J connectivity index is 1.84. The summed E-state index contributed by atoms with van der Waals surface area (Å²) in [4.78, 5) is 29.6. The monoisotopic (exact) mass is 401 g/mol. The van der Waals surface area contributed by atoms with E-state index in [1.54, 1.807) is 27.2 Å². The van der Waals surface area contributed by atoms with E-state index >= 15 is 0 Å². The molecular formula is C21H27N3O5. The van der Waals surface area contributed by atoms with Gasteiger partial charge < -0.3 is 24.5 Å². The Kier molecular flexibility index (Phi) is 6.90. The SMILES string of the molecule is COc1ccc(C(CNC(=O)c2c(C)cc[nH]c2=O)N2CCOCC2)cc1OC. The van der Waals surface area contributed by atoms with Crippen LogP contribution in [0.2, 0.25) is 0 Å². The molecule has 2 heterocycles. The van der Waals surface area contributed by atoms with E-state index in [-0.39, 0.29) is 17.5 Å². The first kappa shape index (κ1) is 20.9. The fraction of sp³-hybridized carbons (Fsp3) is 0.429. The molecule has 1 amide bonds. The first-order chi connectivity index (χ1) is 14.0. The maximum Gasteiger partial charge on any atom is 0.261 e. The van der Waals surface area contributed by atoms with Crippen molar-refractivity contribution in [2.24, 2.45) is 0 Å². The van der Waals surface area contributed by atoms with Gasteiger partial charge in [0, 0.05) is 25.8 Å². The molecule has 0 bridgehead atoms. The largest absolute Gasteiger partial charge is 0.493 e. The average molecular weight is 401 g/mol. The van der Waals surface area contributed by atoms with Gasteiger partial charge in [-0.1, -0.05) is 6.07 Å². The Morgan fingerprint density at radius 3 is 2.59 bits per heavy atom. The molecule has 3 rings (SSSR count). The van der Waals surface area contributed by atoms with Crippen LogP contribution in [0.25, 0.3) is 0 Å². The number of ether oxygens (including phenoxy) is 3. The van der Waals surface area contributed by atoms with Crippen LogP contribution in [0.4, 0.5) is 0 Å². The van der Waals surface area contributed by atoms with Crippen LogP contribution in [0.15, 0.2) is 35.3 Å². The third kappa shape index (κ3) is 4.78. The first-order valence-corrected chi connectivity index (χ1v) is 9.55. The third-order valence-corrected chi connectivity index (χ3v) is 5.13. The van der Waals surface area contributed by atoms with Crippen LogP contribution >= 0.6 is 0 Å². The molecule has 0 aliphatic carbocycles. The summed E-state index contributed by atoms with van der Waals surface area (Å²) in [6, 6.07) is 7.37. The third-order valence-electron chi connectivity index (χ3n) is 5.13. The highest BCUT2D eigenvalue weighted by Gasteiger charge is 2.25. The number of aromatic nitrogens is 1. The molecule has 2 aromatic rings. The van der Waals surface area contributed by atoms with Crippen LogP contribution in [0.3, 0.4) is 0 Å². The number of hydrogen-bond acceptors (Lipinski definition) is 6. The molecule has 1 unspecified atom stereocenters. The second-order valence-corrected chi connectivity index (χ2v) is 6.85. The number of pyridine rings is 1. The molecule has 1 aromatic carbocycles. The van der Waals surface area contributed by atoms with Crippen molar-refractivity contribution in [1.82, 2.24) is 15.2 Å². The lowest BCUT2D eigenvalue weighted by atomic mass is 10.0. The molecule has 8 heteroatoms. The number of aromatic amines is 1. The van der Waals surface area contributed by atoms with Gasteiger partial charge in [-0.15, -0.1) is 0 Å². The minimum absolute atomic E-state index is 0.0919. The normalized spacial score (nSPS) is 15.6. The standard InChI is InChI=1S/C21H27N3O5/c1-14-6-7-22-20(25)19(14)21(26)23-13-16(24-8-10-29-11-9-24)15-4-5-17(27-2)18(12-15)28-3/h4-7,12,16H,8-11,13H2,1-3H3,(H,22,25)(H,23,26). The summed E-state index contributed by atoms with van der Waals surface area (Å²) in [5, 5.41) is 2.93. The Morgan fingerprint density at radius 1 is 1.21 bits per heavy atom. The minimum Gasteiger partial charge on any atom is -0.493 e. The van der Waals surface area contributed by atoms with Crippen LogP contribution in [0.5, 0.6) is 11.5 Å². The maximum absolute atomic E-state index is 12.7. The predicted octanol–water partition coefficient (Wildman–Crippen LogP) is 1.50. The number of H-pyrrole nitrogens is 1. The molecule has 156 valence electrons. The van der Waals surface area contributed by atoms with E-state index in [0.717, 1.165) is 18.7 Å². The summed E-state index contributed by atoms with van der Waals surface area (Å²) >= 11 is 0. The summed E-state index contributed by atoms with van der Waals surface area (Å²) in [5.74, 6) is 0.889. The Bertz CT molecular complexity index is 905. The van der Waals surface area contributed by atoms with Crippen LogP contribution < -0.4 is 20.3 Å². The lowest BCUT2D eigenvalue weighted by Crippen LogP contribution is -2.44. The van der Waals surface area contributed by atoms with Crippen LogP contribution in [0.1, 0.15) is 27.5 Å². The lowest BCUT2D eigenvalue weighted by Gasteiger charge is -2.35. The summed E-state index contributed by atoms with van der Waals surface area (Å²) in [6.45, 7) is 4.87. The van der Waals surface area contributed by atoms with Crippen molar-refractivity contribution in [1.29, 1.82) is 0 Å². The highest BCUT2D eigenvalue weighted by Crippen LogP contribution is 2.32. The number of hydrogen-bond donors (Lipinski definition) is 2. The fourth-order valence-corrected chi connectivity index (χ4v) is 3.54. The van der Waals surface area contributed by atoms with E-state index in [4.69, 9.17) is 14.2 Å². The maximum atomic E-state index is 12.7. The number of aryl methyl sites for hydroxylation is 1. The molecule has 29 heavy (non-hydrogen) atoms. The number of rotatable bonds is 7. The van der Waals surface area contributed by atoms with Crippen molar-refractivity contribution in [3.8, 4) is 11.5 Å². The molecular weight excluding hydrogens is 374 g/mol. The molecule has 1 fully saturated rings. The zero-order valence-electron chi connectivity index (χ0n) is 17.0. The number of methoxy groups -OCH3 is 2. The van der Waals surface area contributed by atoms with Gasteiger partial charge in [0.1, 0.15) is 5.56 Å². The quantitative estimate of drug-likeness (QED) is 0.731. The molecule has 1 aromatic heterocycles. The summed E-state index contributed by atoms with van der Waals surface area (Å²) in [6.07, 6.45) is 1.54. The molecule has 1 aliphatic rings. The number of nitrogens with zero attached hydrogens (tertiary/aromatic N) is 1. The van der Waals surface area contributed by atoms with Crippen molar-refractivity contribution in [2.45, 2.75) is 13.0 Å². The van der Waals surface area contributed by atoms with Gasteiger partial charge in [-0.2, -0.15) is 0 Å². The molecule has 1 aliphatic heterocycles. The zero-order chi connectivity index (χ0) is 20.8. The van der Waals surface area contributed by atoms with Gasteiger partial charge in [-0.3, -0.25) is 14.5 Å². The van der Waals surface area contributed by atoms with Crippen LogP contribution in [-0.4, -0.2) is 62.9 Å². The zero-order valence-corrected chi connectivity index (χ0v) is 17.0. The minimum atomic E-state index is -0.392. The average Bonchev–Trinajstić information content (AvgIpc) is 2.74. The molecule has 2 N–H and O–H groups in total. The van der Waals surface area contributed by atoms with E-state index < -0.39 is 5.56 Å². The highest BCUT2D eigenvalue weighted by molar-refractivity contribution is 5.95. The Labute approximate surface area is 169 Å². The van der Waals surface area contributed by atoms with Gasteiger partial charge in [0.2, 0.25) is 0 Å². The number of nitrogens with one attached hydrogen (secondary N) is 2. The van der Waals surface area contributed by atoms with E-state index in [1.807, 2.05) is 18.2 Å². The summed E-state index contributed by atoms with van der Waals surface area (Å²) in [7, 11) is 3.19. The van der Waals surface area contributed by atoms with Crippen LogP contribution in [-0.2, 0) is 4.74 Å². The van der Waals surface area contributed by atoms with Gasteiger partial charge in [0.15, 0.2) is 11.5 Å². The molecule has 8 nitrogen and oxygen atoms in total. The number of carbonyl (C=O) groups excluding carboxylic acids is 1. The van der Waals surface area contributed by atoms with Crippen molar-refractivity contribution in [3.05, 3.63) is 57.5 Å². The Hall–Kier alpha value is -2.84. The molecule has 0 radical (unpaired) electrons. The molecule has 0 saturated carbocycles. The topological polar surface area (TPSA) is 92.9 Å². The van der Waals surface area contributed by atoms with Crippen molar-refractivity contribution >= 4 is 5.91 Å². The lowest BCUT2D eigenvalue weighted by molar-refractivity contribution is 0.0162. The highest BCUT2D eigenvalue weighted by atomic mass is 16.5. The van der Waals surface area contributed by atoms with E-state index in [2.05, 4.69) is 15.2 Å². The Morgan fingerprint density at radius 2 is 1.93 bits per heavy atom. The summed E-state index contributed by atoms with van der Waals surface area (Å²) < 4.78 is 16.2. The second-order valence-electron chi connectivity index (χ2n) is 6.85. The van der Waals surface area contributed by atoms with Gasteiger partial charge in [-0.25, -0.2) is 0 Å². The van der Waals surface area contributed by atoms with E-state index in [1.165, 1.54) is 6.20 Å².